The topological polar surface area (TPSA) is 70.1 Å². The first-order chi connectivity index (χ1) is 13.3. The fourth-order valence-corrected chi connectivity index (χ4v) is 4.10. The molecule has 0 aliphatic carbocycles. The zero-order valence-corrected chi connectivity index (χ0v) is 16.0. The number of carbonyl (C=O) groups excluding carboxylic acids is 2. The number of ether oxygens (including phenoxy) is 1. The predicted molar refractivity (Wildman–Crippen MR) is 97.1 cm³/mol. The number of carbonyl (C=O) groups is 2. The van der Waals surface area contributed by atoms with Gasteiger partial charge in [-0.3, -0.25) is 14.5 Å². The highest BCUT2D eigenvalue weighted by atomic mass is 19.2. The lowest BCUT2D eigenvalue weighted by molar-refractivity contribution is -0.161. The third-order valence-electron chi connectivity index (χ3n) is 5.70. The minimum absolute atomic E-state index is 0.0743. The van der Waals surface area contributed by atoms with Crippen molar-refractivity contribution in [1.29, 1.82) is 0 Å². The molecule has 0 spiro atoms. The number of β-amino-alcohol motifs (C(OH)–C–C–N with tert-alkyl or cyclic N) is 1. The Morgan fingerprint density at radius 3 is 2.68 bits per heavy atom. The van der Waals surface area contributed by atoms with Crippen LogP contribution in [0.2, 0.25) is 0 Å². The minimum atomic E-state index is -1.56. The summed E-state index contributed by atoms with van der Waals surface area (Å²) in [4.78, 5) is 27.9. The van der Waals surface area contributed by atoms with Crippen LogP contribution in [0.15, 0.2) is 18.2 Å². The van der Waals surface area contributed by atoms with Crippen LogP contribution in [0.3, 0.4) is 0 Å². The smallest absolute Gasteiger partial charge is 0.308 e. The normalized spacial score (nSPS) is 24.4. The number of halogens is 2. The molecule has 2 aliphatic heterocycles. The lowest BCUT2D eigenvalue weighted by Crippen LogP contribution is -2.59. The van der Waals surface area contributed by atoms with E-state index in [0.29, 0.717) is 45.3 Å². The molecule has 2 aliphatic rings. The standard InChI is InChI=1S/C20H26F2N2O4/c1-28-18(25)14-6-10-23(11-7-14)13-20(27)8-3-9-24(19(20)26)12-15-4-2-5-16(21)17(15)22/h2,4-5,14,27H,3,6-13H2,1H3. The van der Waals surface area contributed by atoms with E-state index < -0.39 is 23.1 Å². The Balaban J connectivity index is 1.63. The molecule has 2 saturated heterocycles. The van der Waals surface area contributed by atoms with E-state index in [1.165, 1.54) is 24.1 Å². The molecule has 8 heteroatoms. The SMILES string of the molecule is COC(=O)C1CCN(CC2(O)CCCN(Cc3cccc(F)c3F)C2=O)CC1. The zero-order chi connectivity index (χ0) is 20.3. The van der Waals surface area contributed by atoms with Gasteiger partial charge in [-0.05, 0) is 44.8 Å². The quantitative estimate of drug-likeness (QED) is 0.768. The Labute approximate surface area is 163 Å². The van der Waals surface area contributed by atoms with Crippen LogP contribution in [-0.4, -0.2) is 65.7 Å². The van der Waals surface area contributed by atoms with Crippen molar-refractivity contribution in [2.24, 2.45) is 5.92 Å². The molecule has 1 atom stereocenters. The third kappa shape index (κ3) is 4.33. The number of nitrogens with zero attached hydrogens (tertiary/aromatic N) is 2. The molecule has 2 heterocycles. The van der Waals surface area contributed by atoms with Gasteiger partial charge in [0.25, 0.3) is 5.91 Å². The Morgan fingerprint density at radius 1 is 1.29 bits per heavy atom. The van der Waals surface area contributed by atoms with Gasteiger partial charge in [0.05, 0.1) is 13.0 Å². The van der Waals surface area contributed by atoms with Gasteiger partial charge in [0.2, 0.25) is 0 Å². The van der Waals surface area contributed by atoms with Crippen molar-refractivity contribution in [2.75, 3.05) is 33.3 Å². The molecule has 1 N–H and O–H groups in total. The number of amides is 1. The van der Waals surface area contributed by atoms with E-state index >= 15 is 0 Å². The number of hydrogen-bond acceptors (Lipinski definition) is 5. The number of rotatable bonds is 5. The molecule has 0 bridgehead atoms. The lowest BCUT2D eigenvalue weighted by Gasteiger charge is -2.42. The second-order valence-corrected chi connectivity index (χ2v) is 7.65. The van der Waals surface area contributed by atoms with Gasteiger partial charge in [0.15, 0.2) is 17.2 Å². The van der Waals surface area contributed by atoms with Crippen LogP contribution in [0.4, 0.5) is 8.78 Å². The van der Waals surface area contributed by atoms with Crippen LogP contribution in [0, 0.1) is 17.6 Å². The molecule has 3 rings (SSSR count). The van der Waals surface area contributed by atoms with Crippen LogP contribution in [0.1, 0.15) is 31.2 Å². The van der Waals surface area contributed by atoms with E-state index in [2.05, 4.69) is 0 Å². The Morgan fingerprint density at radius 2 is 2.00 bits per heavy atom. The van der Waals surface area contributed by atoms with Crippen molar-refractivity contribution in [3.8, 4) is 0 Å². The molecule has 6 nitrogen and oxygen atoms in total. The fraction of sp³-hybridized carbons (Fsp3) is 0.600. The number of hydrogen-bond donors (Lipinski definition) is 1. The van der Waals surface area contributed by atoms with Gasteiger partial charge in [0.1, 0.15) is 0 Å². The Bertz CT molecular complexity index is 737. The first-order valence-corrected chi connectivity index (χ1v) is 9.59. The molecule has 2 fully saturated rings. The maximum atomic E-state index is 14.0. The molecule has 1 aromatic rings. The van der Waals surface area contributed by atoms with Gasteiger partial charge < -0.3 is 14.7 Å². The Kier molecular flexibility index (Phi) is 6.30. The van der Waals surface area contributed by atoms with E-state index in [1.807, 2.05) is 4.90 Å². The predicted octanol–water partition coefficient (Wildman–Crippen LogP) is 1.70. The van der Waals surface area contributed by atoms with Gasteiger partial charge in [-0.25, -0.2) is 8.78 Å². The van der Waals surface area contributed by atoms with Crippen LogP contribution in [0.5, 0.6) is 0 Å². The van der Waals surface area contributed by atoms with Crippen molar-refractivity contribution in [1.82, 2.24) is 9.80 Å². The largest absolute Gasteiger partial charge is 0.469 e. The second-order valence-electron chi connectivity index (χ2n) is 7.65. The molecule has 0 aromatic heterocycles. The summed E-state index contributed by atoms with van der Waals surface area (Å²) in [6.07, 6.45) is 2.15. The number of likely N-dealkylation sites (tertiary alicyclic amines) is 2. The maximum Gasteiger partial charge on any atom is 0.308 e. The summed E-state index contributed by atoms with van der Waals surface area (Å²) < 4.78 is 32.2. The van der Waals surface area contributed by atoms with Gasteiger partial charge in [-0.2, -0.15) is 0 Å². The van der Waals surface area contributed by atoms with Crippen molar-refractivity contribution in [3.63, 3.8) is 0 Å². The molecule has 1 unspecified atom stereocenters. The summed E-state index contributed by atoms with van der Waals surface area (Å²) >= 11 is 0. The highest BCUT2D eigenvalue weighted by Gasteiger charge is 2.44. The minimum Gasteiger partial charge on any atom is -0.469 e. The molecule has 1 amide bonds. The van der Waals surface area contributed by atoms with Crippen LogP contribution >= 0.6 is 0 Å². The van der Waals surface area contributed by atoms with Crippen LogP contribution in [-0.2, 0) is 20.9 Å². The van der Waals surface area contributed by atoms with Gasteiger partial charge in [-0.1, -0.05) is 12.1 Å². The highest BCUT2D eigenvalue weighted by Crippen LogP contribution is 2.28. The first-order valence-electron chi connectivity index (χ1n) is 9.59. The van der Waals surface area contributed by atoms with Crippen molar-refractivity contribution in [2.45, 2.75) is 37.8 Å². The highest BCUT2D eigenvalue weighted by molar-refractivity contribution is 5.86. The van der Waals surface area contributed by atoms with Crippen LogP contribution < -0.4 is 0 Å². The summed E-state index contributed by atoms with van der Waals surface area (Å²) in [5.41, 5.74) is -1.46. The Hall–Kier alpha value is -2.06. The molecule has 0 saturated carbocycles. The second kappa shape index (κ2) is 8.53. The molecule has 154 valence electrons. The molecule has 1 aromatic carbocycles. The molecular formula is C20H26F2N2O4. The lowest BCUT2D eigenvalue weighted by atomic mass is 9.89. The van der Waals surface area contributed by atoms with Crippen molar-refractivity contribution >= 4 is 11.9 Å². The molecular weight excluding hydrogens is 370 g/mol. The number of piperidine rings is 2. The van der Waals surface area contributed by atoms with E-state index in [1.54, 1.807) is 0 Å². The van der Waals surface area contributed by atoms with Gasteiger partial charge in [0, 0.05) is 25.2 Å². The number of methoxy groups -OCH3 is 1. The van der Waals surface area contributed by atoms with E-state index in [9.17, 15) is 23.5 Å². The summed E-state index contributed by atoms with van der Waals surface area (Å²) in [5, 5.41) is 11.0. The van der Waals surface area contributed by atoms with Crippen molar-refractivity contribution in [3.05, 3.63) is 35.4 Å². The molecule has 28 heavy (non-hydrogen) atoms. The van der Waals surface area contributed by atoms with Crippen molar-refractivity contribution < 1.29 is 28.2 Å². The summed E-state index contributed by atoms with van der Waals surface area (Å²) in [6.45, 7) is 1.67. The zero-order valence-electron chi connectivity index (χ0n) is 16.0. The number of esters is 1. The fourth-order valence-electron chi connectivity index (χ4n) is 4.10. The summed E-state index contributed by atoms with van der Waals surface area (Å²) in [6, 6.07) is 3.88. The summed E-state index contributed by atoms with van der Waals surface area (Å²) in [5.74, 6) is -2.75. The van der Waals surface area contributed by atoms with Crippen LogP contribution in [0.25, 0.3) is 0 Å². The van der Waals surface area contributed by atoms with E-state index in [0.717, 1.165) is 6.07 Å². The third-order valence-corrected chi connectivity index (χ3v) is 5.70. The van der Waals surface area contributed by atoms with E-state index in [-0.39, 0.29) is 30.5 Å². The molecule has 0 radical (unpaired) electrons. The maximum absolute atomic E-state index is 14.0. The summed E-state index contributed by atoms with van der Waals surface area (Å²) in [7, 11) is 1.37. The average molecular weight is 396 g/mol. The van der Waals surface area contributed by atoms with E-state index in [4.69, 9.17) is 4.74 Å². The van der Waals surface area contributed by atoms with Gasteiger partial charge in [-0.15, -0.1) is 0 Å². The monoisotopic (exact) mass is 396 g/mol. The number of benzene rings is 1. The average Bonchev–Trinajstić information content (AvgIpc) is 2.69. The first kappa shape index (κ1) is 20.7. The number of aliphatic hydroxyl groups is 1. The van der Waals surface area contributed by atoms with Gasteiger partial charge >= 0.3 is 5.97 Å².